The topological polar surface area (TPSA) is 61.4 Å². The van der Waals surface area contributed by atoms with E-state index in [0.717, 1.165) is 22.5 Å². The second-order valence-electron chi connectivity index (χ2n) is 4.34. The van der Waals surface area contributed by atoms with E-state index in [-0.39, 0.29) is 12.1 Å². The third kappa shape index (κ3) is 5.12. The van der Waals surface area contributed by atoms with E-state index in [1.165, 1.54) is 7.05 Å². The monoisotopic (exact) mass is 307 g/mol. The molecule has 2 N–H and O–H groups in total. The minimum absolute atomic E-state index is 0.0304. The normalized spacial score (nSPS) is 12.1. The van der Waals surface area contributed by atoms with Crippen molar-refractivity contribution in [2.24, 2.45) is 0 Å². The number of hydrogen-bond donors (Lipinski definition) is 2. The van der Waals surface area contributed by atoms with Crippen LogP contribution in [0, 0.1) is 11.6 Å². The van der Waals surface area contributed by atoms with Gasteiger partial charge in [0, 0.05) is 25.7 Å². The Morgan fingerprint density at radius 2 is 2.00 bits per heavy atom. The van der Waals surface area contributed by atoms with Crippen molar-refractivity contribution in [3.8, 4) is 0 Å². The quantitative estimate of drug-likeness (QED) is 0.700. The van der Waals surface area contributed by atoms with Crippen molar-refractivity contribution in [3.05, 3.63) is 35.4 Å². The largest absolute Gasteiger partial charge is 0.320 e. The van der Waals surface area contributed by atoms with Gasteiger partial charge in [-0.3, -0.25) is 0 Å². The van der Waals surface area contributed by atoms with Crippen molar-refractivity contribution in [3.63, 3.8) is 0 Å². The fraction of sp³-hybridized carbons (Fsp3) is 0.500. The van der Waals surface area contributed by atoms with E-state index in [4.69, 9.17) is 0 Å². The van der Waals surface area contributed by atoms with Crippen LogP contribution in [0.1, 0.15) is 12.0 Å². The minimum Gasteiger partial charge on any atom is -0.320 e. The van der Waals surface area contributed by atoms with Gasteiger partial charge in [-0.25, -0.2) is 8.78 Å². The Labute approximate surface area is 118 Å². The summed E-state index contributed by atoms with van der Waals surface area (Å²) in [6.07, 6.45) is 0.655. The molecule has 0 heterocycles. The number of benzene rings is 1. The van der Waals surface area contributed by atoms with Gasteiger partial charge in [0.25, 0.3) is 10.2 Å². The molecule has 0 aromatic heterocycles. The molecular weight excluding hydrogens is 288 g/mol. The molecule has 0 aliphatic rings. The van der Waals surface area contributed by atoms with Crippen LogP contribution in [0.15, 0.2) is 18.2 Å². The van der Waals surface area contributed by atoms with Crippen LogP contribution in [-0.4, -0.2) is 39.9 Å². The van der Waals surface area contributed by atoms with Gasteiger partial charge >= 0.3 is 0 Å². The lowest BCUT2D eigenvalue weighted by Crippen LogP contribution is -2.39. The molecule has 0 fully saturated rings. The van der Waals surface area contributed by atoms with Crippen molar-refractivity contribution in [1.82, 2.24) is 14.3 Å². The molecular formula is C12H19F2N3O2S. The molecule has 114 valence electrons. The summed E-state index contributed by atoms with van der Waals surface area (Å²) in [6, 6.07) is 2.92. The van der Waals surface area contributed by atoms with Crippen LogP contribution in [0.3, 0.4) is 0 Å². The summed E-state index contributed by atoms with van der Waals surface area (Å²) < 4.78 is 53.5. The molecule has 0 atom stereocenters. The van der Waals surface area contributed by atoms with Gasteiger partial charge in [0.2, 0.25) is 0 Å². The highest BCUT2D eigenvalue weighted by atomic mass is 32.2. The number of nitrogens with one attached hydrogen (secondary N) is 2. The average molecular weight is 307 g/mol. The van der Waals surface area contributed by atoms with Crippen LogP contribution < -0.4 is 10.0 Å². The summed E-state index contributed by atoms with van der Waals surface area (Å²) in [5, 5.41) is 2.91. The molecule has 0 aliphatic carbocycles. The molecule has 1 aromatic carbocycles. The first kappa shape index (κ1) is 17.0. The molecule has 20 heavy (non-hydrogen) atoms. The van der Waals surface area contributed by atoms with E-state index in [2.05, 4.69) is 10.0 Å². The van der Waals surface area contributed by atoms with E-state index in [1.54, 1.807) is 7.05 Å². The van der Waals surface area contributed by atoms with Gasteiger partial charge in [-0.2, -0.15) is 17.4 Å². The summed E-state index contributed by atoms with van der Waals surface area (Å²) in [6.45, 7) is 0.739. The van der Waals surface area contributed by atoms with Gasteiger partial charge in [0.05, 0.1) is 0 Å². The second-order valence-corrected chi connectivity index (χ2v) is 6.20. The smallest absolute Gasteiger partial charge is 0.279 e. The van der Waals surface area contributed by atoms with Gasteiger partial charge in [-0.15, -0.1) is 0 Å². The van der Waals surface area contributed by atoms with Gasteiger partial charge < -0.3 is 5.32 Å². The number of rotatable bonds is 8. The van der Waals surface area contributed by atoms with Gasteiger partial charge in [0.1, 0.15) is 11.6 Å². The molecule has 0 unspecified atom stereocenters. The lowest BCUT2D eigenvalue weighted by molar-refractivity contribution is 0.447. The van der Waals surface area contributed by atoms with E-state index < -0.39 is 21.8 Å². The minimum atomic E-state index is -3.70. The van der Waals surface area contributed by atoms with Crippen LogP contribution >= 0.6 is 0 Å². The van der Waals surface area contributed by atoms with Crippen molar-refractivity contribution < 1.29 is 17.2 Å². The van der Waals surface area contributed by atoms with E-state index in [0.29, 0.717) is 19.5 Å². The summed E-state index contributed by atoms with van der Waals surface area (Å²) in [4.78, 5) is 0. The molecule has 0 saturated heterocycles. The first-order valence-electron chi connectivity index (χ1n) is 6.16. The standard InChI is InChI=1S/C12H19F2N3O2S/c1-15-6-3-7-17(2)20(18,19)16-9-10-8-11(13)4-5-12(10)14/h4-5,8,15-16H,3,6-7,9H2,1-2H3. The predicted octanol–water partition coefficient (Wildman–Crippen LogP) is 0.841. The maximum atomic E-state index is 13.4. The lowest BCUT2D eigenvalue weighted by atomic mass is 10.2. The molecule has 0 radical (unpaired) electrons. The Morgan fingerprint density at radius 1 is 1.30 bits per heavy atom. The summed E-state index contributed by atoms with van der Waals surface area (Å²) in [5.74, 6) is -1.25. The molecule has 0 bridgehead atoms. The number of hydrogen-bond acceptors (Lipinski definition) is 3. The van der Waals surface area contributed by atoms with Crippen LogP contribution in [-0.2, 0) is 16.8 Å². The Morgan fingerprint density at radius 3 is 2.65 bits per heavy atom. The highest BCUT2D eigenvalue weighted by molar-refractivity contribution is 7.87. The molecule has 1 rings (SSSR count). The maximum absolute atomic E-state index is 13.4. The molecule has 0 aliphatic heterocycles. The van der Waals surface area contributed by atoms with Gasteiger partial charge in [-0.05, 0) is 38.2 Å². The highest BCUT2D eigenvalue weighted by Crippen LogP contribution is 2.10. The number of halogens is 2. The first-order valence-corrected chi connectivity index (χ1v) is 7.60. The summed E-state index contributed by atoms with van der Waals surface area (Å²) in [7, 11) is -0.494. The number of nitrogens with zero attached hydrogens (tertiary/aromatic N) is 1. The molecule has 0 amide bonds. The lowest BCUT2D eigenvalue weighted by Gasteiger charge is -2.17. The van der Waals surface area contributed by atoms with Crippen LogP contribution in [0.2, 0.25) is 0 Å². The third-order valence-corrected chi connectivity index (χ3v) is 4.28. The Balaban J connectivity index is 2.60. The zero-order chi connectivity index (χ0) is 15.2. The molecule has 5 nitrogen and oxygen atoms in total. The van der Waals surface area contributed by atoms with Gasteiger partial charge in [-0.1, -0.05) is 0 Å². The van der Waals surface area contributed by atoms with E-state index in [9.17, 15) is 17.2 Å². The molecule has 0 spiro atoms. The predicted molar refractivity (Wildman–Crippen MR) is 73.3 cm³/mol. The fourth-order valence-corrected chi connectivity index (χ4v) is 2.48. The summed E-state index contributed by atoms with van der Waals surface area (Å²) >= 11 is 0. The van der Waals surface area contributed by atoms with Crippen LogP contribution in [0.25, 0.3) is 0 Å². The molecule has 0 saturated carbocycles. The third-order valence-electron chi connectivity index (χ3n) is 2.76. The molecule has 8 heteroatoms. The van der Waals surface area contributed by atoms with E-state index >= 15 is 0 Å². The SMILES string of the molecule is CNCCCN(C)S(=O)(=O)NCc1cc(F)ccc1F. The average Bonchev–Trinajstić information content (AvgIpc) is 2.40. The highest BCUT2D eigenvalue weighted by Gasteiger charge is 2.17. The van der Waals surface area contributed by atoms with Crippen molar-refractivity contribution in [2.45, 2.75) is 13.0 Å². The molecule has 1 aromatic rings. The summed E-state index contributed by atoms with van der Waals surface area (Å²) in [5.41, 5.74) is -0.0304. The van der Waals surface area contributed by atoms with Crippen molar-refractivity contribution in [1.29, 1.82) is 0 Å². The first-order chi connectivity index (χ1) is 9.36. The van der Waals surface area contributed by atoms with Crippen molar-refractivity contribution >= 4 is 10.2 Å². The van der Waals surface area contributed by atoms with Gasteiger partial charge in [0.15, 0.2) is 0 Å². The van der Waals surface area contributed by atoms with E-state index in [1.807, 2.05) is 0 Å². The fourth-order valence-electron chi connectivity index (χ4n) is 1.56. The zero-order valence-corrected chi connectivity index (χ0v) is 12.3. The van der Waals surface area contributed by atoms with Crippen LogP contribution in [0.4, 0.5) is 8.78 Å². The Kier molecular flexibility index (Phi) is 6.47. The van der Waals surface area contributed by atoms with Crippen LogP contribution in [0.5, 0.6) is 0 Å². The Hall–Kier alpha value is -1.09. The maximum Gasteiger partial charge on any atom is 0.279 e. The second kappa shape index (κ2) is 7.63. The Bertz CT molecular complexity index is 538. The zero-order valence-electron chi connectivity index (χ0n) is 11.5. The van der Waals surface area contributed by atoms with Crippen molar-refractivity contribution in [2.75, 3.05) is 27.2 Å².